The fraction of sp³-hybridized carbons (Fsp3) is 0.394. The second-order valence-electron chi connectivity index (χ2n) is 10.7. The van der Waals surface area contributed by atoms with Crippen LogP contribution in [-0.2, 0) is 32.6 Å². The first-order chi connectivity index (χ1) is 20.0. The highest BCUT2D eigenvalue weighted by molar-refractivity contribution is 7.92. The van der Waals surface area contributed by atoms with Crippen molar-refractivity contribution >= 4 is 39.1 Å². The lowest BCUT2D eigenvalue weighted by Crippen LogP contribution is -2.50. The number of hydrogen-bond acceptors (Lipinski definition) is 4. The molecular formula is C33H42ClN3O4S. The smallest absolute Gasteiger partial charge is 0.243 e. The number of sulfonamides is 1. The molecule has 0 saturated heterocycles. The van der Waals surface area contributed by atoms with E-state index in [1.54, 1.807) is 30.0 Å². The molecule has 226 valence electrons. The molecule has 1 atom stereocenters. The van der Waals surface area contributed by atoms with Crippen LogP contribution in [0.1, 0.15) is 54.9 Å². The predicted molar refractivity (Wildman–Crippen MR) is 171 cm³/mol. The molecule has 2 amide bonds. The van der Waals surface area contributed by atoms with Crippen LogP contribution in [0.15, 0.2) is 72.8 Å². The van der Waals surface area contributed by atoms with Crippen molar-refractivity contribution in [3.63, 3.8) is 0 Å². The van der Waals surface area contributed by atoms with Gasteiger partial charge < -0.3 is 10.2 Å². The van der Waals surface area contributed by atoms with Crippen LogP contribution < -0.4 is 9.62 Å². The average molecular weight is 612 g/mol. The summed E-state index contributed by atoms with van der Waals surface area (Å²) in [6.45, 7) is 6.74. The third-order valence-corrected chi connectivity index (χ3v) is 8.79. The maximum Gasteiger partial charge on any atom is 0.243 e. The van der Waals surface area contributed by atoms with Crippen LogP contribution in [0.25, 0.3) is 0 Å². The standard InChI is InChI=1S/C33H42ClN3O4S/c1-5-6-20-35-33(39)31(23-27-14-8-7-9-15-27)36(24-28-16-10-13-25(2)22-28)32(38)19-12-21-37(42(4,40)41)30-18-11-17-29(34)26(30)3/h7-11,13-18,22,31H,5-6,12,19-21,23-24H2,1-4H3,(H,35,39). The molecule has 0 radical (unpaired) electrons. The van der Waals surface area contributed by atoms with Crippen molar-refractivity contribution in [3.05, 3.63) is 100 Å². The van der Waals surface area contributed by atoms with Crippen molar-refractivity contribution in [1.29, 1.82) is 0 Å². The summed E-state index contributed by atoms with van der Waals surface area (Å²) in [5, 5.41) is 3.50. The Balaban J connectivity index is 1.89. The molecule has 1 N–H and O–H groups in total. The second kappa shape index (κ2) is 15.8. The van der Waals surface area contributed by atoms with Gasteiger partial charge in [0, 0.05) is 37.5 Å². The van der Waals surface area contributed by atoms with E-state index in [1.807, 2.05) is 61.5 Å². The minimum atomic E-state index is -3.63. The average Bonchev–Trinajstić information content (AvgIpc) is 2.94. The summed E-state index contributed by atoms with van der Waals surface area (Å²) in [4.78, 5) is 29.2. The van der Waals surface area contributed by atoms with E-state index in [2.05, 4.69) is 12.2 Å². The highest BCUT2D eigenvalue weighted by Crippen LogP contribution is 2.28. The number of unbranched alkanes of at least 4 members (excludes halogenated alkanes) is 1. The van der Waals surface area contributed by atoms with E-state index in [0.717, 1.165) is 35.8 Å². The van der Waals surface area contributed by atoms with E-state index in [-0.39, 0.29) is 37.7 Å². The van der Waals surface area contributed by atoms with Gasteiger partial charge in [-0.15, -0.1) is 0 Å². The Morgan fingerprint density at radius 3 is 2.29 bits per heavy atom. The van der Waals surface area contributed by atoms with E-state index in [9.17, 15) is 18.0 Å². The number of rotatable bonds is 15. The Kier molecular flexibility index (Phi) is 12.4. The van der Waals surface area contributed by atoms with Gasteiger partial charge in [-0.3, -0.25) is 13.9 Å². The molecule has 0 bridgehead atoms. The summed E-state index contributed by atoms with van der Waals surface area (Å²) >= 11 is 6.28. The SMILES string of the molecule is CCCCNC(=O)C(Cc1ccccc1)N(Cc1cccc(C)c1)C(=O)CCCN(c1cccc(Cl)c1C)S(C)(=O)=O. The molecule has 9 heteroatoms. The van der Waals surface area contributed by atoms with Crippen molar-refractivity contribution in [1.82, 2.24) is 10.2 Å². The molecule has 7 nitrogen and oxygen atoms in total. The van der Waals surface area contributed by atoms with E-state index in [4.69, 9.17) is 11.6 Å². The molecule has 0 fully saturated rings. The summed E-state index contributed by atoms with van der Waals surface area (Å²) in [5.41, 5.74) is 4.09. The van der Waals surface area contributed by atoms with Crippen LogP contribution in [0.2, 0.25) is 5.02 Å². The number of hydrogen-bond donors (Lipinski definition) is 1. The predicted octanol–water partition coefficient (Wildman–Crippen LogP) is 6.06. The monoisotopic (exact) mass is 611 g/mol. The minimum absolute atomic E-state index is 0.0744. The Hall–Kier alpha value is -3.36. The van der Waals surface area contributed by atoms with Crippen LogP contribution in [0, 0.1) is 13.8 Å². The largest absolute Gasteiger partial charge is 0.354 e. The van der Waals surface area contributed by atoms with Gasteiger partial charge in [0.2, 0.25) is 21.8 Å². The van der Waals surface area contributed by atoms with Crippen LogP contribution in [-0.4, -0.2) is 50.5 Å². The molecule has 3 aromatic carbocycles. The number of aryl methyl sites for hydroxylation is 1. The van der Waals surface area contributed by atoms with E-state index in [0.29, 0.717) is 29.2 Å². The molecule has 42 heavy (non-hydrogen) atoms. The second-order valence-corrected chi connectivity index (χ2v) is 13.0. The molecule has 1 unspecified atom stereocenters. The van der Waals surface area contributed by atoms with Crippen molar-refractivity contribution in [2.24, 2.45) is 0 Å². The Morgan fingerprint density at radius 2 is 1.62 bits per heavy atom. The van der Waals surface area contributed by atoms with Crippen LogP contribution in [0.4, 0.5) is 5.69 Å². The number of anilines is 1. The molecule has 0 spiro atoms. The quantitative estimate of drug-likeness (QED) is 0.212. The fourth-order valence-corrected chi connectivity index (χ4v) is 6.10. The maximum atomic E-state index is 13.9. The van der Waals surface area contributed by atoms with Gasteiger partial charge in [0.1, 0.15) is 6.04 Å². The lowest BCUT2D eigenvalue weighted by molar-refractivity contribution is -0.141. The molecule has 0 saturated carbocycles. The number of nitrogens with one attached hydrogen (secondary N) is 1. The maximum absolute atomic E-state index is 13.9. The summed E-state index contributed by atoms with van der Waals surface area (Å²) in [5.74, 6) is -0.403. The highest BCUT2D eigenvalue weighted by atomic mass is 35.5. The van der Waals surface area contributed by atoms with Crippen molar-refractivity contribution in [3.8, 4) is 0 Å². The third kappa shape index (κ3) is 9.60. The van der Waals surface area contributed by atoms with Gasteiger partial charge in [0.25, 0.3) is 0 Å². The summed E-state index contributed by atoms with van der Waals surface area (Å²) in [6, 6.07) is 22.0. The van der Waals surface area contributed by atoms with Crippen molar-refractivity contribution in [2.45, 2.75) is 65.5 Å². The number of benzene rings is 3. The number of halogens is 1. The molecule has 0 aliphatic carbocycles. The van der Waals surface area contributed by atoms with Gasteiger partial charge >= 0.3 is 0 Å². The molecule has 0 aromatic heterocycles. The van der Waals surface area contributed by atoms with Gasteiger partial charge in [-0.2, -0.15) is 0 Å². The fourth-order valence-electron chi connectivity index (χ4n) is 4.92. The molecule has 0 heterocycles. The zero-order chi connectivity index (χ0) is 30.7. The molecule has 3 aromatic rings. The van der Waals surface area contributed by atoms with Crippen LogP contribution in [0.5, 0.6) is 0 Å². The first-order valence-corrected chi connectivity index (χ1v) is 16.6. The van der Waals surface area contributed by atoms with E-state index in [1.165, 1.54) is 4.31 Å². The van der Waals surface area contributed by atoms with Crippen LogP contribution >= 0.6 is 11.6 Å². The topological polar surface area (TPSA) is 86.8 Å². The van der Waals surface area contributed by atoms with Gasteiger partial charge in [-0.25, -0.2) is 8.42 Å². The highest BCUT2D eigenvalue weighted by Gasteiger charge is 2.30. The van der Waals surface area contributed by atoms with Crippen LogP contribution in [0.3, 0.4) is 0 Å². The Morgan fingerprint density at radius 1 is 0.929 bits per heavy atom. The first kappa shape index (κ1) is 33.1. The number of carbonyl (C=O) groups excluding carboxylic acids is 2. The molecule has 3 rings (SSSR count). The zero-order valence-electron chi connectivity index (χ0n) is 25.0. The van der Waals surface area contributed by atoms with E-state index >= 15 is 0 Å². The molecular weight excluding hydrogens is 570 g/mol. The Bertz CT molecular complexity index is 1450. The number of nitrogens with zero attached hydrogens (tertiary/aromatic N) is 2. The first-order valence-electron chi connectivity index (χ1n) is 14.4. The van der Waals surface area contributed by atoms with Gasteiger partial charge in [-0.05, 0) is 55.5 Å². The van der Waals surface area contributed by atoms with Gasteiger partial charge in [0.15, 0.2) is 0 Å². The zero-order valence-corrected chi connectivity index (χ0v) is 26.5. The summed E-state index contributed by atoms with van der Waals surface area (Å²) < 4.78 is 26.8. The van der Waals surface area contributed by atoms with Crippen molar-refractivity contribution in [2.75, 3.05) is 23.7 Å². The summed E-state index contributed by atoms with van der Waals surface area (Å²) in [6.07, 6.45) is 3.66. The normalized spacial score (nSPS) is 12.0. The van der Waals surface area contributed by atoms with E-state index < -0.39 is 16.1 Å². The van der Waals surface area contributed by atoms with Gasteiger partial charge in [0.05, 0.1) is 11.9 Å². The third-order valence-electron chi connectivity index (χ3n) is 7.20. The minimum Gasteiger partial charge on any atom is -0.354 e. The lowest BCUT2D eigenvalue weighted by atomic mass is 10.0. The van der Waals surface area contributed by atoms with Gasteiger partial charge in [-0.1, -0.05) is 91.2 Å². The summed E-state index contributed by atoms with van der Waals surface area (Å²) in [7, 11) is -3.63. The molecule has 0 aliphatic rings. The number of amides is 2. The molecule has 0 aliphatic heterocycles. The number of carbonyl (C=O) groups is 2. The lowest BCUT2D eigenvalue weighted by Gasteiger charge is -2.32. The van der Waals surface area contributed by atoms with Crippen molar-refractivity contribution < 1.29 is 18.0 Å². The Labute approximate surface area is 255 Å².